The molecule has 3 heterocycles. The highest BCUT2D eigenvalue weighted by Gasteiger charge is 2.21. The second-order valence-electron chi connectivity index (χ2n) is 7.49. The first-order valence-electron chi connectivity index (χ1n) is 9.83. The Bertz CT molecular complexity index is 910. The Labute approximate surface area is 169 Å². The Balaban J connectivity index is 1.24. The van der Waals surface area contributed by atoms with Crippen LogP contribution < -0.4 is 5.32 Å². The van der Waals surface area contributed by atoms with Gasteiger partial charge in [0.2, 0.25) is 0 Å². The number of likely N-dealkylation sites (tertiary alicyclic amines) is 1. The number of hydrogen-bond acceptors (Lipinski definition) is 4. The number of carbonyl (C=O) groups is 1. The fourth-order valence-corrected chi connectivity index (χ4v) is 4.59. The molecule has 6 heteroatoms. The molecule has 2 aromatic heterocycles. The summed E-state index contributed by atoms with van der Waals surface area (Å²) in [7, 11) is 0. The van der Waals surface area contributed by atoms with Crippen molar-refractivity contribution in [1.82, 2.24) is 20.4 Å². The van der Waals surface area contributed by atoms with Gasteiger partial charge < -0.3 is 5.32 Å². The van der Waals surface area contributed by atoms with Gasteiger partial charge in [-0.25, -0.2) is 0 Å². The van der Waals surface area contributed by atoms with Gasteiger partial charge in [0.1, 0.15) is 5.69 Å². The molecule has 0 spiro atoms. The zero-order valence-electron chi connectivity index (χ0n) is 16.1. The topological polar surface area (TPSA) is 61.0 Å². The van der Waals surface area contributed by atoms with Crippen LogP contribution in [0.1, 0.15) is 33.8 Å². The van der Waals surface area contributed by atoms with E-state index >= 15 is 0 Å². The monoisotopic (exact) mass is 394 g/mol. The van der Waals surface area contributed by atoms with Crippen LogP contribution in [0.4, 0.5) is 0 Å². The molecule has 28 heavy (non-hydrogen) atoms. The predicted molar refractivity (Wildman–Crippen MR) is 113 cm³/mol. The molecule has 1 aliphatic heterocycles. The Hall–Kier alpha value is -2.44. The van der Waals surface area contributed by atoms with Crippen molar-refractivity contribution in [2.75, 3.05) is 19.6 Å². The molecule has 5 nitrogen and oxygen atoms in total. The van der Waals surface area contributed by atoms with Crippen LogP contribution >= 0.6 is 11.3 Å². The van der Waals surface area contributed by atoms with Gasteiger partial charge in [-0.3, -0.25) is 14.8 Å². The number of amides is 1. The van der Waals surface area contributed by atoms with Crippen molar-refractivity contribution >= 4 is 17.2 Å². The lowest BCUT2D eigenvalue weighted by Crippen LogP contribution is -2.38. The van der Waals surface area contributed by atoms with Crippen LogP contribution in [0.25, 0.3) is 11.3 Å². The van der Waals surface area contributed by atoms with Crippen LogP contribution in [0, 0.1) is 12.8 Å². The summed E-state index contributed by atoms with van der Waals surface area (Å²) in [6.45, 7) is 6.16. The van der Waals surface area contributed by atoms with Crippen molar-refractivity contribution in [2.24, 2.45) is 5.92 Å². The minimum Gasteiger partial charge on any atom is -0.350 e. The zero-order chi connectivity index (χ0) is 19.3. The average Bonchev–Trinajstić information content (AvgIpc) is 3.38. The van der Waals surface area contributed by atoms with E-state index in [0.29, 0.717) is 11.6 Å². The number of hydrogen-bond donors (Lipinski definition) is 2. The van der Waals surface area contributed by atoms with Gasteiger partial charge in [-0.2, -0.15) is 5.10 Å². The van der Waals surface area contributed by atoms with E-state index in [-0.39, 0.29) is 5.91 Å². The van der Waals surface area contributed by atoms with Gasteiger partial charge in [0.25, 0.3) is 5.91 Å². The van der Waals surface area contributed by atoms with E-state index in [0.717, 1.165) is 50.3 Å². The number of thiophene rings is 1. The smallest absolute Gasteiger partial charge is 0.269 e. The summed E-state index contributed by atoms with van der Waals surface area (Å²) in [6, 6.07) is 13.9. The number of nitrogens with one attached hydrogen (secondary N) is 2. The standard InChI is InChI=1S/C22H26N4OS/c1-16-9-12-28-21(16)15-26-10-7-17(8-11-26)14-23-22(27)20-13-19(24-25-20)18-5-3-2-4-6-18/h2-6,9,12-13,17H,7-8,10-11,14-15H2,1H3,(H,23,27)(H,24,25). The van der Waals surface area contributed by atoms with Crippen LogP contribution in [0.2, 0.25) is 0 Å². The van der Waals surface area contributed by atoms with Crippen molar-refractivity contribution < 1.29 is 4.79 Å². The first kappa shape index (κ1) is 18.9. The molecule has 1 aromatic carbocycles. The summed E-state index contributed by atoms with van der Waals surface area (Å²) in [4.78, 5) is 16.5. The van der Waals surface area contributed by atoms with Gasteiger partial charge in [0, 0.05) is 23.5 Å². The Kier molecular flexibility index (Phi) is 5.88. The SMILES string of the molecule is Cc1ccsc1CN1CCC(CNC(=O)c2cc(-c3ccccc3)n[nH]2)CC1. The van der Waals surface area contributed by atoms with E-state index in [1.807, 2.05) is 47.7 Å². The van der Waals surface area contributed by atoms with Crippen LogP contribution in [-0.4, -0.2) is 40.6 Å². The van der Waals surface area contributed by atoms with E-state index in [1.165, 1.54) is 10.4 Å². The first-order valence-corrected chi connectivity index (χ1v) is 10.7. The lowest BCUT2D eigenvalue weighted by atomic mass is 9.96. The summed E-state index contributed by atoms with van der Waals surface area (Å²) in [5.41, 5.74) is 3.72. The summed E-state index contributed by atoms with van der Waals surface area (Å²) >= 11 is 1.85. The highest BCUT2D eigenvalue weighted by atomic mass is 32.1. The predicted octanol–water partition coefficient (Wildman–Crippen LogP) is 4.09. The average molecular weight is 395 g/mol. The highest BCUT2D eigenvalue weighted by Crippen LogP contribution is 2.23. The van der Waals surface area contributed by atoms with Gasteiger partial charge >= 0.3 is 0 Å². The van der Waals surface area contributed by atoms with Gasteiger partial charge in [0.05, 0.1) is 5.69 Å². The van der Waals surface area contributed by atoms with E-state index in [1.54, 1.807) is 0 Å². The number of aromatic nitrogens is 2. The molecule has 1 amide bonds. The molecule has 0 aliphatic carbocycles. The number of benzene rings is 1. The molecule has 0 unspecified atom stereocenters. The largest absolute Gasteiger partial charge is 0.350 e. The minimum absolute atomic E-state index is 0.0775. The molecule has 1 saturated heterocycles. The molecule has 3 aromatic rings. The minimum atomic E-state index is -0.0775. The third-order valence-electron chi connectivity index (χ3n) is 5.49. The third kappa shape index (κ3) is 4.51. The lowest BCUT2D eigenvalue weighted by molar-refractivity contribution is 0.0930. The van der Waals surface area contributed by atoms with E-state index < -0.39 is 0 Å². The van der Waals surface area contributed by atoms with Crippen LogP contribution in [0.15, 0.2) is 47.8 Å². The van der Waals surface area contributed by atoms with E-state index in [9.17, 15) is 4.79 Å². The maximum Gasteiger partial charge on any atom is 0.269 e. The molecule has 0 saturated carbocycles. The molecule has 2 N–H and O–H groups in total. The number of piperidine rings is 1. The van der Waals surface area contributed by atoms with Crippen molar-refractivity contribution in [3.8, 4) is 11.3 Å². The number of nitrogens with zero attached hydrogens (tertiary/aromatic N) is 2. The maximum atomic E-state index is 12.5. The second kappa shape index (κ2) is 8.71. The molecule has 0 atom stereocenters. The molecule has 0 bridgehead atoms. The number of rotatable bonds is 6. The normalized spacial score (nSPS) is 15.6. The second-order valence-corrected chi connectivity index (χ2v) is 8.49. The molecular weight excluding hydrogens is 368 g/mol. The lowest BCUT2D eigenvalue weighted by Gasteiger charge is -2.31. The Morgan fingerprint density at radius 3 is 2.75 bits per heavy atom. The van der Waals surface area contributed by atoms with E-state index in [4.69, 9.17) is 0 Å². The number of aromatic amines is 1. The fraction of sp³-hybridized carbons (Fsp3) is 0.364. The zero-order valence-corrected chi connectivity index (χ0v) is 17.0. The Morgan fingerprint density at radius 1 is 1.25 bits per heavy atom. The number of carbonyl (C=O) groups excluding carboxylic acids is 1. The Morgan fingerprint density at radius 2 is 2.04 bits per heavy atom. The first-order chi connectivity index (χ1) is 13.7. The summed E-state index contributed by atoms with van der Waals surface area (Å²) in [5, 5.41) is 12.4. The maximum absolute atomic E-state index is 12.5. The summed E-state index contributed by atoms with van der Waals surface area (Å²) in [5.74, 6) is 0.465. The van der Waals surface area contributed by atoms with Crippen molar-refractivity contribution in [1.29, 1.82) is 0 Å². The fourth-order valence-electron chi connectivity index (χ4n) is 3.64. The van der Waals surface area contributed by atoms with Crippen molar-refractivity contribution in [3.05, 3.63) is 64.0 Å². The van der Waals surface area contributed by atoms with Crippen molar-refractivity contribution in [3.63, 3.8) is 0 Å². The van der Waals surface area contributed by atoms with Gasteiger partial charge in [-0.15, -0.1) is 11.3 Å². The summed E-state index contributed by atoms with van der Waals surface area (Å²) in [6.07, 6.45) is 2.26. The van der Waals surface area contributed by atoms with Gasteiger partial charge in [0.15, 0.2) is 0 Å². The molecule has 0 radical (unpaired) electrons. The third-order valence-corrected chi connectivity index (χ3v) is 6.49. The van der Waals surface area contributed by atoms with Crippen LogP contribution in [-0.2, 0) is 6.54 Å². The van der Waals surface area contributed by atoms with Gasteiger partial charge in [-0.05, 0) is 61.8 Å². The van der Waals surface area contributed by atoms with E-state index in [2.05, 4.69) is 38.8 Å². The molecule has 1 fully saturated rings. The number of H-pyrrole nitrogens is 1. The molecule has 4 rings (SSSR count). The molecule has 146 valence electrons. The molecule has 1 aliphatic rings. The van der Waals surface area contributed by atoms with Crippen LogP contribution in [0.5, 0.6) is 0 Å². The number of aryl methyl sites for hydroxylation is 1. The van der Waals surface area contributed by atoms with Crippen molar-refractivity contribution in [2.45, 2.75) is 26.3 Å². The highest BCUT2D eigenvalue weighted by molar-refractivity contribution is 7.10. The van der Waals surface area contributed by atoms with Crippen LogP contribution in [0.3, 0.4) is 0 Å². The summed E-state index contributed by atoms with van der Waals surface area (Å²) < 4.78 is 0. The molecular formula is C22H26N4OS. The van der Waals surface area contributed by atoms with Gasteiger partial charge in [-0.1, -0.05) is 30.3 Å². The quantitative estimate of drug-likeness (QED) is 0.662.